The summed E-state index contributed by atoms with van der Waals surface area (Å²) in [4.78, 5) is 9.01. The fourth-order valence-electron chi connectivity index (χ4n) is 4.00. The van der Waals surface area contributed by atoms with Gasteiger partial charge in [0.2, 0.25) is 11.8 Å². The van der Waals surface area contributed by atoms with Gasteiger partial charge < -0.3 is 22.6 Å². The topological polar surface area (TPSA) is 70.3 Å². The van der Waals surface area contributed by atoms with Crippen molar-refractivity contribution in [2.24, 2.45) is 5.73 Å². The molecule has 0 saturated carbocycles. The molecular formula is C33H27Cl3N3O2Pd-. The molecule has 0 saturated heterocycles. The summed E-state index contributed by atoms with van der Waals surface area (Å²) >= 11 is 18.3. The van der Waals surface area contributed by atoms with E-state index in [1.54, 1.807) is 0 Å². The van der Waals surface area contributed by atoms with Crippen molar-refractivity contribution in [1.82, 2.24) is 9.97 Å². The third-order valence-corrected chi connectivity index (χ3v) is 6.85. The molecular weight excluding hydrogens is 683 g/mol. The third-order valence-electron chi connectivity index (χ3n) is 5.95. The quantitative estimate of drug-likeness (QED) is 0.106. The second-order valence-electron chi connectivity index (χ2n) is 8.70. The number of nitrogens with zero attached hydrogens (tertiary/aromatic N) is 2. The zero-order valence-electron chi connectivity index (χ0n) is 22.5. The van der Waals surface area contributed by atoms with Crippen LogP contribution in [-0.4, -0.2) is 9.97 Å². The normalized spacial score (nSPS) is 10.2. The second kappa shape index (κ2) is 15.9. The monoisotopic (exact) mass is 708 g/mol. The fraction of sp³-hybridized carbons (Fsp3) is 0.0606. The Morgan fingerprint density at radius 1 is 0.595 bits per heavy atom. The molecule has 2 N–H and O–H groups in total. The Bertz CT molecular complexity index is 1630. The van der Waals surface area contributed by atoms with Gasteiger partial charge >= 0.3 is 0 Å². The molecule has 6 rings (SSSR count). The number of hydrogen-bond donors (Lipinski definition) is 1. The van der Waals surface area contributed by atoms with Gasteiger partial charge in [0.25, 0.3) is 0 Å². The van der Waals surface area contributed by atoms with Gasteiger partial charge in [0, 0.05) is 48.9 Å². The van der Waals surface area contributed by atoms with E-state index >= 15 is 0 Å². The zero-order chi connectivity index (χ0) is 27.9. The average Bonchev–Trinajstić information content (AvgIpc) is 2.99. The Morgan fingerprint density at radius 2 is 1.02 bits per heavy atom. The molecule has 6 aromatic rings. The van der Waals surface area contributed by atoms with Crippen LogP contribution in [0, 0.1) is 7.43 Å². The molecule has 218 valence electrons. The van der Waals surface area contributed by atoms with Crippen molar-refractivity contribution in [2.75, 3.05) is 0 Å². The van der Waals surface area contributed by atoms with Crippen molar-refractivity contribution >= 4 is 56.6 Å². The van der Waals surface area contributed by atoms with Crippen LogP contribution < -0.4 is 15.2 Å². The summed E-state index contributed by atoms with van der Waals surface area (Å²) in [5, 5.41) is 3.11. The Hall–Kier alpha value is -3.21. The Morgan fingerprint density at radius 3 is 1.45 bits per heavy atom. The van der Waals surface area contributed by atoms with Gasteiger partial charge in [0.1, 0.15) is 11.5 Å². The molecule has 0 aliphatic carbocycles. The van der Waals surface area contributed by atoms with Crippen LogP contribution in [0.15, 0.2) is 109 Å². The molecule has 0 spiro atoms. The number of alkyl halides is 1. The van der Waals surface area contributed by atoms with Gasteiger partial charge in [0.15, 0.2) is 0 Å². The number of benzene rings is 4. The van der Waals surface area contributed by atoms with Gasteiger partial charge in [-0.1, -0.05) is 83.9 Å². The van der Waals surface area contributed by atoms with Crippen LogP contribution in [-0.2, 0) is 32.8 Å². The van der Waals surface area contributed by atoms with Crippen LogP contribution in [0.1, 0.15) is 11.1 Å². The molecule has 0 aliphatic rings. The van der Waals surface area contributed by atoms with Crippen LogP contribution in [0.3, 0.4) is 0 Å². The molecule has 42 heavy (non-hydrogen) atoms. The minimum atomic E-state index is 0. The van der Waals surface area contributed by atoms with Gasteiger partial charge in [-0.3, -0.25) is 0 Å². The Labute approximate surface area is 274 Å². The summed E-state index contributed by atoms with van der Waals surface area (Å²) in [6, 6.07) is 34.2. The van der Waals surface area contributed by atoms with Crippen molar-refractivity contribution in [2.45, 2.75) is 12.4 Å². The number of aromatic nitrogens is 2. The summed E-state index contributed by atoms with van der Waals surface area (Å²) in [6.07, 6.45) is 0. The van der Waals surface area contributed by atoms with E-state index < -0.39 is 0 Å². The predicted molar refractivity (Wildman–Crippen MR) is 170 cm³/mol. The van der Waals surface area contributed by atoms with Crippen molar-refractivity contribution in [3.8, 4) is 23.3 Å². The number of fused-ring (bicyclic) bond motifs is 2. The summed E-state index contributed by atoms with van der Waals surface area (Å²) in [7, 11) is 0. The number of hydrogen-bond acceptors (Lipinski definition) is 5. The first-order chi connectivity index (χ1) is 19.6. The molecule has 0 aliphatic heterocycles. The van der Waals surface area contributed by atoms with E-state index in [2.05, 4.69) is 9.97 Å². The van der Waals surface area contributed by atoms with E-state index in [0.29, 0.717) is 39.7 Å². The summed E-state index contributed by atoms with van der Waals surface area (Å²) < 4.78 is 11.6. The molecule has 0 fully saturated rings. The van der Waals surface area contributed by atoms with Crippen molar-refractivity contribution in [3.63, 3.8) is 0 Å². The first-order valence-corrected chi connectivity index (χ1v) is 13.7. The molecule has 0 bridgehead atoms. The molecule has 0 unspecified atom stereocenters. The molecule has 2 heterocycles. The second-order valence-corrected chi connectivity index (χ2v) is 9.78. The van der Waals surface area contributed by atoms with Crippen molar-refractivity contribution < 1.29 is 29.9 Å². The standard InChI is InChI=1S/C16H11Cl2NO.C16H13ClN2O.CH3.Pd/c17-10-12-9-11-5-4-8-14(18)15(11)19-16(12)20-13-6-2-1-3-7-13;17-14-8-4-5-11-9-12(10-18)16(19-15(11)14)20-13-6-2-1-3-7-13;;/h1-9H,10H2;1-9H,10,18H2;1H3;/q;;-1;. The van der Waals surface area contributed by atoms with Crippen molar-refractivity contribution in [3.05, 3.63) is 138 Å². The minimum absolute atomic E-state index is 0. The largest absolute Gasteiger partial charge is 0.439 e. The number of nitrogens with two attached hydrogens (primary N) is 1. The summed E-state index contributed by atoms with van der Waals surface area (Å²) in [5.41, 5.74) is 8.91. The van der Waals surface area contributed by atoms with Gasteiger partial charge in [-0.05, 0) is 48.5 Å². The number of halogens is 3. The predicted octanol–water partition coefficient (Wildman–Crippen LogP) is 10.0. The maximum absolute atomic E-state index is 6.18. The van der Waals surface area contributed by atoms with E-state index in [1.165, 1.54) is 0 Å². The van der Waals surface area contributed by atoms with Crippen molar-refractivity contribution in [1.29, 1.82) is 0 Å². The molecule has 4 aromatic carbocycles. The maximum atomic E-state index is 6.18. The van der Waals surface area contributed by atoms with Gasteiger partial charge in [0.05, 0.1) is 27.0 Å². The van der Waals surface area contributed by atoms with Crippen LogP contribution in [0.4, 0.5) is 0 Å². The Balaban J connectivity index is 0.000000220. The molecule has 0 atom stereocenters. The first-order valence-electron chi connectivity index (χ1n) is 12.4. The van der Waals surface area contributed by atoms with Crippen LogP contribution in [0.25, 0.3) is 21.8 Å². The Kier molecular flexibility index (Phi) is 12.6. The number of rotatable bonds is 6. The summed E-state index contributed by atoms with van der Waals surface area (Å²) in [5.74, 6) is 2.77. The SMILES string of the molecule is ClCc1cc2cccc(Cl)c2nc1Oc1ccccc1.NCc1cc2cccc(Cl)c2nc1Oc1ccccc1.[CH3-].[Pd]. The van der Waals surface area contributed by atoms with Crippen LogP contribution in [0.5, 0.6) is 23.3 Å². The number of pyridine rings is 2. The number of para-hydroxylation sites is 4. The van der Waals surface area contributed by atoms with E-state index in [4.69, 9.17) is 50.0 Å². The fourth-order valence-corrected chi connectivity index (χ4v) is 4.64. The third kappa shape index (κ3) is 7.99. The van der Waals surface area contributed by atoms with Crippen LogP contribution in [0.2, 0.25) is 10.0 Å². The van der Waals surface area contributed by atoms with Crippen LogP contribution >= 0.6 is 34.8 Å². The first kappa shape index (κ1) is 33.3. The van der Waals surface area contributed by atoms with E-state index in [-0.39, 0.29) is 27.8 Å². The molecule has 0 amide bonds. The number of ether oxygens (including phenoxy) is 2. The van der Waals surface area contributed by atoms with E-state index in [9.17, 15) is 0 Å². The summed E-state index contributed by atoms with van der Waals surface area (Å²) in [6.45, 7) is 0.359. The zero-order valence-corrected chi connectivity index (χ0v) is 26.4. The minimum Gasteiger partial charge on any atom is -0.439 e. The van der Waals surface area contributed by atoms with Gasteiger partial charge in [-0.25, -0.2) is 9.97 Å². The molecule has 9 heteroatoms. The molecule has 2 aromatic heterocycles. The molecule has 0 radical (unpaired) electrons. The average molecular weight is 710 g/mol. The molecule has 5 nitrogen and oxygen atoms in total. The smallest absolute Gasteiger partial charge is 0.224 e. The van der Waals surface area contributed by atoms with E-state index in [1.807, 2.05) is 109 Å². The van der Waals surface area contributed by atoms with Gasteiger partial charge in [-0.2, -0.15) is 0 Å². The van der Waals surface area contributed by atoms with Gasteiger partial charge in [-0.15, -0.1) is 11.6 Å². The van der Waals surface area contributed by atoms with E-state index in [0.717, 1.165) is 38.9 Å². The maximum Gasteiger partial charge on any atom is 0.224 e.